The molecule has 152 valence electrons. The third-order valence-electron chi connectivity index (χ3n) is 5.37. The lowest BCUT2D eigenvalue weighted by molar-refractivity contribution is 0.184. The summed E-state index contributed by atoms with van der Waals surface area (Å²) < 4.78 is 11.2. The first-order valence-corrected chi connectivity index (χ1v) is 10.1. The van der Waals surface area contributed by atoms with Crippen LogP contribution in [0.25, 0.3) is 33.7 Å². The molecule has 0 radical (unpaired) electrons. The molecule has 1 aromatic heterocycles. The first-order valence-electron chi connectivity index (χ1n) is 10.1. The molecule has 0 saturated carbocycles. The van der Waals surface area contributed by atoms with E-state index in [1.165, 1.54) is 16.7 Å². The third kappa shape index (κ3) is 4.06. The zero-order valence-corrected chi connectivity index (χ0v) is 17.3. The van der Waals surface area contributed by atoms with Crippen LogP contribution in [0.3, 0.4) is 0 Å². The Balaban J connectivity index is 1.74. The molecule has 1 N–H and O–H groups in total. The maximum absolute atomic E-state index is 9.20. The lowest BCUT2D eigenvalue weighted by atomic mass is 9.92. The van der Waals surface area contributed by atoms with Gasteiger partial charge in [0.15, 0.2) is 5.76 Å². The molecular weight excluding hydrogens is 374 g/mol. The van der Waals surface area contributed by atoms with Crippen molar-refractivity contribution in [2.45, 2.75) is 20.0 Å². The van der Waals surface area contributed by atoms with Gasteiger partial charge >= 0.3 is 0 Å². The maximum atomic E-state index is 9.20. The van der Waals surface area contributed by atoms with E-state index in [9.17, 15) is 5.11 Å². The average molecular weight is 399 g/mol. The number of ether oxygens (including phenoxy) is 1. The maximum Gasteiger partial charge on any atom is 0.167 e. The zero-order valence-electron chi connectivity index (χ0n) is 17.3. The van der Waals surface area contributed by atoms with Crippen LogP contribution in [0.1, 0.15) is 16.7 Å². The minimum absolute atomic E-state index is 0.126. The highest BCUT2D eigenvalue weighted by molar-refractivity contribution is 5.76. The van der Waals surface area contributed by atoms with E-state index in [0.29, 0.717) is 18.8 Å². The molecule has 4 heteroatoms. The molecule has 0 spiro atoms. The van der Waals surface area contributed by atoms with E-state index in [-0.39, 0.29) is 6.61 Å². The van der Waals surface area contributed by atoms with Crippen molar-refractivity contribution in [1.29, 1.82) is 0 Å². The Morgan fingerprint density at radius 1 is 0.900 bits per heavy atom. The molecule has 0 fully saturated rings. The fraction of sp³-hybridized carbons (Fsp3) is 0.192. The molecule has 0 atom stereocenters. The second-order valence-electron chi connectivity index (χ2n) is 7.31. The first kappa shape index (κ1) is 20.1. The minimum Gasteiger partial charge on any atom is -0.396 e. The SMILES string of the molecule is COCc1c(-c2cc(-c3cccc(CCO)c3)no2)ccc(-c2ccccc2)c1C. The number of nitrogens with zero attached hydrogens (tertiary/aromatic N) is 1. The van der Waals surface area contributed by atoms with Crippen molar-refractivity contribution in [2.75, 3.05) is 13.7 Å². The number of aliphatic hydroxyl groups is 1. The van der Waals surface area contributed by atoms with Crippen molar-refractivity contribution in [3.05, 3.63) is 89.5 Å². The number of hydrogen-bond acceptors (Lipinski definition) is 4. The average Bonchev–Trinajstić information content (AvgIpc) is 3.26. The summed E-state index contributed by atoms with van der Waals surface area (Å²) in [4.78, 5) is 0. The first-order chi connectivity index (χ1) is 14.7. The molecule has 0 aliphatic carbocycles. The van der Waals surface area contributed by atoms with Crippen LogP contribution in [0.4, 0.5) is 0 Å². The van der Waals surface area contributed by atoms with E-state index in [0.717, 1.165) is 27.9 Å². The van der Waals surface area contributed by atoms with E-state index >= 15 is 0 Å². The van der Waals surface area contributed by atoms with Crippen LogP contribution in [0.2, 0.25) is 0 Å². The van der Waals surface area contributed by atoms with Gasteiger partial charge in [0.2, 0.25) is 0 Å². The lowest BCUT2D eigenvalue weighted by Gasteiger charge is -2.15. The largest absolute Gasteiger partial charge is 0.396 e. The number of aliphatic hydroxyl groups excluding tert-OH is 1. The smallest absolute Gasteiger partial charge is 0.167 e. The highest BCUT2D eigenvalue weighted by Crippen LogP contribution is 2.35. The van der Waals surface area contributed by atoms with Gasteiger partial charge in [-0.15, -0.1) is 0 Å². The fourth-order valence-corrected chi connectivity index (χ4v) is 3.80. The summed E-state index contributed by atoms with van der Waals surface area (Å²) in [6.45, 7) is 2.74. The number of benzene rings is 3. The van der Waals surface area contributed by atoms with E-state index in [1.807, 2.05) is 48.5 Å². The Morgan fingerprint density at radius 3 is 2.43 bits per heavy atom. The Morgan fingerprint density at radius 2 is 1.67 bits per heavy atom. The van der Waals surface area contributed by atoms with Crippen molar-refractivity contribution in [2.24, 2.45) is 0 Å². The van der Waals surface area contributed by atoms with E-state index in [2.05, 4.69) is 36.3 Å². The predicted octanol–water partition coefficient (Wildman–Crippen LogP) is 5.67. The number of aromatic nitrogens is 1. The quantitative estimate of drug-likeness (QED) is 0.435. The van der Waals surface area contributed by atoms with Crippen LogP contribution in [0.5, 0.6) is 0 Å². The number of hydrogen-bond donors (Lipinski definition) is 1. The molecule has 0 aliphatic heterocycles. The van der Waals surface area contributed by atoms with Crippen molar-refractivity contribution in [3.63, 3.8) is 0 Å². The van der Waals surface area contributed by atoms with Crippen molar-refractivity contribution < 1.29 is 14.4 Å². The molecule has 0 aliphatic rings. The summed E-state index contributed by atoms with van der Waals surface area (Å²) in [5, 5.41) is 13.5. The van der Waals surface area contributed by atoms with Gasteiger partial charge in [0.25, 0.3) is 0 Å². The van der Waals surface area contributed by atoms with Crippen LogP contribution in [0, 0.1) is 6.92 Å². The molecule has 0 bridgehead atoms. The van der Waals surface area contributed by atoms with E-state index in [4.69, 9.17) is 9.26 Å². The topological polar surface area (TPSA) is 55.5 Å². The Kier molecular flexibility index (Phi) is 6.07. The van der Waals surface area contributed by atoms with Crippen LogP contribution < -0.4 is 0 Å². The number of methoxy groups -OCH3 is 1. The van der Waals surface area contributed by atoms with Gasteiger partial charge < -0.3 is 14.4 Å². The Bertz CT molecular complexity index is 1130. The summed E-state index contributed by atoms with van der Waals surface area (Å²) in [6, 6.07) is 24.5. The van der Waals surface area contributed by atoms with Crippen LogP contribution in [0.15, 0.2) is 77.3 Å². The highest BCUT2D eigenvalue weighted by atomic mass is 16.5. The van der Waals surface area contributed by atoms with E-state index in [1.54, 1.807) is 7.11 Å². The molecule has 4 rings (SSSR count). The lowest BCUT2D eigenvalue weighted by Crippen LogP contribution is -1.98. The monoisotopic (exact) mass is 399 g/mol. The molecule has 0 unspecified atom stereocenters. The third-order valence-corrected chi connectivity index (χ3v) is 5.37. The van der Waals surface area contributed by atoms with Crippen molar-refractivity contribution >= 4 is 0 Å². The fourth-order valence-electron chi connectivity index (χ4n) is 3.80. The Labute approximate surface area is 176 Å². The predicted molar refractivity (Wildman–Crippen MR) is 119 cm³/mol. The van der Waals surface area contributed by atoms with Gasteiger partial charge in [0.05, 0.1) is 6.61 Å². The van der Waals surface area contributed by atoms with Gasteiger partial charge in [-0.3, -0.25) is 0 Å². The minimum atomic E-state index is 0.126. The van der Waals surface area contributed by atoms with Gasteiger partial charge in [0.1, 0.15) is 5.69 Å². The van der Waals surface area contributed by atoms with Crippen molar-refractivity contribution in [3.8, 4) is 33.7 Å². The second-order valence-corrected chi connectivity index (χ2v) is 7.31. The van der Waals surface area contributed by atoms with E-state index < -0.39 is 0 Å². The van der Waals surface area contributed by atoms with Gasteiger partial charge in [0, 0.05) is 30.9 Å². The van der Waals surface area contributed by atoms with Crippen molar-refractivity contribution in [1.82, 2.24) is 5.16 Å². The summed E-state index contributed by atoms with van der Waals surface area (Å²) in [7, 11) is 1.71. The van der Waals surface area contributed by atoms with Gasteiger partial charge in [-0.2, -0.15) is 0 Å². The summed E-state index contributed by atoms with van der Waals surface area (Å²) >= 11 is 0. The van der Waals surface area contributed by atoms with Gasteiger partial charge in [-0.25, -0.2) is 0 Å². The molecule has 1 heterocycles. The van der Waals surface area contributed by atoms with Gasteiger partial charge in [-0.1, -0.05) is 65.8 Å². The molecular formula is C26H25NO3. The van der Waals surface area contributed by atoms with Crippen LogP contribution >= 0.6 is 0 Å². The molecule has 0 saturated heterocycles. The van der Waals surface area contributed by atoms with Crippen LogP contribution in [-0.2, 0) is 17.8 Å². The standard InChI is InChI=1S/C26H25NO3/c1-18-22(20-8-4-3-5-9-20)11-12-23(24(18)17-29-2)26-16-25(27-30-26)21-10-6-7-19(15-21)13-14-28/h3-12,15-16,28H,13-14,17H2,1-2H3. The highest BCUT2D eigenvalue weighted by Gasteiger charge is 2.17. The second kappa shape index (κ2) is 9.08. The number of rotatable bonds is 7. The molecule has 30 heavy (non-hydrogen) atoms. The van der Waals surface area contributed by atoms with Crippen LogP contribution in [-0.4, -0.2) is 24.0 Å². The molecule has 3 aromatic carbocycles. The Hall–Kier alpha value is -3.21. The summed E-state index contributed by atoms with van der Waals surface area (Å²) in [5.74, 6) is 0.715. The summed E-state index contributed by atoms with van der Waals surface area (Å²) in [6.07, 6.45) is 0.622. The molecule has 4 aromatic rings. The van der Waals surface area contributed by atoms with Gasteiger partial charge in [-0.05, 0) is 47.2 Å². The molecule has 0 amide bonds. The normalized spacial score (nSPS) is 11.0. The zero-order chi connectivity index (χ0) is 20.9. The molecule has 4 nitrogen and oxygen atoms in total. The summed E-state index contributed by atoms with van der Waals surface area (Å²) in [5.41, 5.74) is 8.43.